The molecule has 1 aromatic rings. The minimum Gasteiger partial charge on any atom is -0.493 e. The molecule has 0 aromatic heterocycles. The summed E-state index contributed by atoms with van der Waals surface area (Å²) in [5.74, 6) is 1.06. The molecule has 0 saturated carbocycles. The normalized spacial score (nSPS) is 11.9. The van der Waals surface area contributed by atoms with Crippen molar-refractivity contribution in [1.82, 2.24) is 0 Å². The van der Waals surface area contributed by atoms with E-state index in [4.69, 9.17) is 4.74 Å². The summed E-state index contributed by atoms with van der Waals surface area (Å²) in [6.45, 7) is 1.40. The predicted octanol–water partition coefficient (Wildman–Crippen LogP) is 3.47. The number of hydrogen-bond donors (Lipinski definition) is 0. The van der Waals surface area contributed by atoms with Gasteiger partial charge >= 0.3 is 6.98 Å². The highest BCUT2D eigenvalue weighted by molar-refractivity contribution is 6.73. The fourth-order valence-electron chi connectivity index (χ4n) is 1.44. The lowest BCUT2D eigenvalue weighted by molar-refractivity contribution is 0.288. The van der Waals surface area contributed by atoms with E-state index in [1.165, 1.54) is 6.07 Å². The van der Waals surface area contributed by atoms with Crippen molar-refractivity contribution in [3.05, 3.63) is 23.8 Å². The van der Waals surface area contributed by atoms with E-state index >= 15 is 0 Å². The largest absolute Gasteiger partial charge is 0.509 e. The van der Waals surface area contributed by atoms with Gasteiger partial charge in [-0.05, 0) is 30.9 Å². The average molecular weight is 245 g/mol. The first kappa shape index (κ1) is 13.9. The number of hydrogen-bond acceptors (Lipinski definition) is 1. The van der Waals surface area contributed by atoms with E-state index in [-0.39, 0.29) is 0 Å². The molecule has 1 aromatic carbocycles. The molecule has 0 fully saturated rings. The summed E-state index contributed by atoms with van der Waals surface area (Å²) in [5.41, 5.74) is -0.0378. The fourth-order valence-corrected chi connectivity index (χ4v) is 1.44. The van der Waals surface area contributed by atoms with Crippen LogP contribution in [0.25, 0.3) is 0 Å². The van der Waals surface area contributed by atoms with Crippen molar-refractivity contribution in [3.8, 4) is 5.75 Å². The van der Waals surface area contributed by atoms with Crippen LogP contribution in [0, 0.1) is 12.8 Å². The van der Waals surface area contributed by atoms with Gasteiger partial charge < -0.3 is 17.7 Å². The quantitative estimate of drug-likeness (QED) is 0.721. The molecule has 96 valence electrons. The molecule has 0 heterocycles. The third-order valence-electron chi connectivity index (χ3n) is 2.53. The highest BCUT2D eigenvalue weighted by atomic mass is 19.4. The summed E-state index contributed by atoms with van der Waals surface area (Å²) in [6.07, 6.45) is 0.893. The van der Waals surface area contributed by atoms with E-state index < -0.39 is 12.4 Å². The van der Waals surface area contributed by atoms with Crippen LogP contribution in [0.1, 0.15) is 25.8 Å². The third kappa shape index (κ3) is 4.33. The molecule has 1 nitrogen and oxygen atoms in total. The second-order valence-electron chi connectivity index (χ2n) is 4.63. The van der Waals surface area contributed by atoms with Gasteiger partial charge in [0, 0.05) is 0 Å². The Kier molecular flexibility index (Phi) is 4.49. The van der Waals surface area contributed by atoms with Crippen molar-refractivity contribution in [2.24, 2.45) is 5.92 Å². The van der Waals surface area contributed by atoms with Crippen molar-refractivity contribution in [3.63, 3.8) is 0 Å². The van der Waals surface area contributed by atoms with Crippen LogP contribution in [-0.4, -0.2) is 13.6 Å². The van der Waals surface area contributed by atoms with Gasteiger partial charge in [-0.3, -0.25) is 0 Å². The van der Waals surface area contributed by atoms with E-state index in [2.05, 4.69) is 13.8 Å². The monoisotopic (exact) mass is 245 g/mol. The lowest BCUT2D eigenvalue weighted by atomic mass is 9.79. The second-order valence-corrected chi connectivity index (χ2v) is 4.63. The third-order valence-corrected chi connectivity index (χ3v) is 2.53. The zero-order chi connectivity index (χ0) is 13.1. The van der Waals surface area contributed by atoms with E-state index in [0.29, 0.717) is 23.8 Å². The van der Waals surface area contributed by atoms with Crippen molar-refractivity contribution in [2.75, 3.05) is 6.61 Å². The Balaban J connectivity index is 2.70. The van der Waals surface area contributed by atoms with Crippen LogP contribution in [0.4, 0.5) is 12.9 Å². The van der Waals surface area contributed by atoms with Gasteiger partial charge in [-0.2, -0.15) is 0 Å². The maximum Gasteiger partial charge on any atom is 0.509 e. The van der Waals surface area contributed by atoms with Gasteiger partial charge in [0.25, 0.3) is 0 Å². The molecule has 0 atom stereocenters. The van der Waals surface area contributed by atoms with Gasteiger partial charge in [0.2, 0.25) is 0 Å². The fraction of sp³-hybridized carbons (Fsp3) is 0.500. The Morgan fingerprint density at radius 3 is 2.35 bits per heavy atom. The molecule has 1 rings (SSSR count). The summed E-state index contributed by atoms with van der Waals surface area (Å²) in [5, 5.41) is 0. The Hall–Kier alpha value is -1.13. The average Bonchev–Trinajstić information content (AvgIpc) is 2.18. The van der Waals surface area contributed by atoms with Crippen LogP contribution in [-0.2, 0) is 0 Å². The minimum absolute atomic E-state index is 0.521. The standard InChI is InChI=1S/C12H17BF3O/c1-9(2)6-7-17-12-5-4-11(8-10(12)3)13(14,15)16/h4-5,8-9H,6-7H2,1-3H3/q-1. The van der Waals surface area contributed by atoms with Crippen molar-refractivity contribution in [2.45, 2.75) is 27.2 Å². The first-order valence-electron chi connectivity index (χ1n) is 5.74. The maximum atomic E-state index is 12.5. The van der Waals surface area contributed by atoms with Crippen LogP contribution in [0.2, 0.25) is 0 Å². The molecule has 0 aliphatic heterocycles. The van der Waals surface area contributed by atoms with Gasteiger partial charge in [-0.1, -0.05) is 26.0 Å². The SMILES string of the molecule is Cc1cc([B-](F)(F)F)ccc1OCCC(C)C. The van der Waals surface area contributed by atoms with Crippen molar-refractivity contribution < 1.29 is 17.7 Å². The molecule has 0 spiro atoms. The zero-order valence-corrected chi connectivity index (χ0v) is 10.3. The van der Waals surface area contributed by atoms with Gasteiger partial charge in [0.15, 0.2) is 0 Å². The lowest BCUT2D eigenvalue weighted by Crippen LogP contribution is -2.34. The number of rotatable bonds is 5. The smallest absolute Gasteiger partial charge is 0.493 e. The van der Waals surface area contributed by atoms with Crippen molar-refractivity contribution >= 4 is 12.4 Å². The summed E-state index contributed by atoms with van der Waals surface area (Å²) in [6, 6.07) is 3.63. The summed E-state index contributed by atoms with van der Waals surface area (Å²) < 4.78 is 42.9. The van der Waals surface area contributed by atoms with Crippen LogP contribution in [0.3, 0.4) is 0 Å². The lowest BCUT2D eigenvalue weighted by Gasteiger charge is -2.17. The summed E-state index contributed by atoms with van der Waals surface area (Å²) in [7, 11) is 0. The van der Waals surface area contributed by atoms with E-state index in [1.54, 1.807) is 6.92 Å². The van der Waals surface area contributed by atoms with Gasteiger partial charge in [-0.15, -0.1) is 5.46 Å². The van der Waals surface area contributed by atoms with Crippen LogP contribution in [0.15, 0.2) is 18.2 Å². The molecule has 0 aliphatic carbocycles. The molecular weight excluding hydrogens is 228 g/mol. The van der Waals surface area contributed by atoms with E-state index in [9.17, 15) is 12.9 Å². The number of benzene rings is 1. The van der Waals surface area contributed by atoms with Crippen molar-refractivity contribution in [1.29, 1.82) is 0 Å². The Labute approximate surface area is 100 Å². The topological polar surface area (TPSA) is 9.23 Å². The Bertz CT molecular complexity index is 375. The maximum absolute atomic E-state index is 12.5. The molecule has 0 radical (unpaired) electrons. The first-order valence-corrected chi connectivity index (χ1v) is 5.74. The summed E-state index contributed by atoms with van der Waals surface area (Å²) >= 11 is 0. The van der Waals surface area contributed by atoms with Crippen LogP contribution >= 0.6 is 0 Å². The summed E-state index contributed by atoms with van der Waals surface area (Å²) in [4.78, 5) is 0. The molecule has 0 N–H and O–H groups in total. The molecule has 0 amide bonds. The molecule has 0 saturated heterocycles. The number of ether oxygens (including phenoxy) is 1. The molecule has 0 aliphatic rings. The van der Waals surface area contributed by atoms with E-state index in [1.807, 2.05) is 0 Å². The molecule has 5 heteroatoms. The van der Waals surface area contributed by atoms with Crippen LogP contribution in [0.5, 0.6) is 5.75 Å². The molecular formula is C12H17BF3O-. The Morgan fingerprint density at radius 1 is 1.24 bits per heavy atom. The van der Waals surface area contributed by atoms with Gasteiger partial charge in [-0.25, -0.2) is 0 Å². The number of halogens is 3. The highest BCUT2D eigenvalue weighted by Crippen LogP contribution is 2.19. The molecule has 0 unspecified atom stereocenters. The second kappa shape index (κ2) is 5.47. The van der Waals surface area contributed by atoms with Gasteiger partial charge in [0.1, 0.15) is 5.75 Å². The van der Waals surface area contributed by atoms with Gasteiger partial charge in [0.05, 0.1) is 6.61 Å². The Morgan fingerprint density at radius 2 is 1.88 bits per heavy atom. The molecule has 0 bridgehead atoms. The zero-order valence-electron chi connectivity index (χ0n) is 10.3. The number of aryl methyl sites for hydroxylation is 1. The minimum atomic E-state index is -4.92. The van der Waals surface area contributed by atoms with E-state index in [0.717, 1.165) is 18.6 Å². The highest BCUT2D eigenvalue weighted by Gasteiger charge is 2.25. The molecule has 17 heavy (non-hydrogen) atoms. The van der Waals surface area contributed by atoms with Crippen LogP contribution < -0.4 is 10.2 Å². The first-order chi connectivity index (χ1) is 7.80. The predicted molar refractivity (Wildman–Crippen MR) is 64.8 cm³/mol.